The van der Waals surface area contributed by atoms with Crippen molar-refractivity contribution in [2.45, 2.75) is 0 Å². The number of carbonyl (C=O) groups excluding carboxylic acids is 1. The highest BCUT2D eigenvalue weighted by Crippen LogP contribution is 2.23. The summed E-state index contributed by atoms with van der Waals surface area (Å²) in [7, 11) is 0. The third kappa shape index (κ3) is 1.24. The predicted molar refractivity (Wildman–Crippen MR) is 51.0 cm³/mol. The van der Waals surface area contributed by atoms with Gasteiger partial charge in [0.15, 0.2) is 0 Å². The Morgan fingerprint density at radius 1 is 1.23 bits per heavy atom. The summed E-state index contributed by atoms with van der Waals surface area (Å²) in [4.78, 5) is 14.6. The third-order valence-corrected chi connectivity index (χ3v) is 1.90. The predicted octanol–water partition coefficient (Wildman–Crippen LogP) is 0.967. The molecule has 3 nitrogen and oxygen atoms in total. The summed E-state index contributed by atoms with van der Waals surface area (Å²) in [6.45, 7) is 0. The van der Waals surface area contributed by atoms with Crippen molar-refractivity contribution >= 4 is 17.7 Å². The number of primary amides is 1. The van der Waals surface area contributed by atoms with Crippen LogP contribution in [0.3, 0.4) is 0 Å². The van der Waals surface area contributed by atoms with E-state index in [-0.39, 0.29) is 0 Å². The molecule has 1 aromatic carbocycles. The fraction of sp³-hybridized carbons (Fsp3) is 0. The number of amides is 1. The van der Waals surface area contributed by atoms with Gasteiger partial charge < -0.3 is 5.73 Å². The quantitative estimate of drug-likeness (QED) is 0.709. The lowest BCUT2D eigenvalue weighted by Crippen LogP contribution is -2.18. The minimum absolute atomic E-state index is 0.367. The van der Waals surface area contributed by atoms with Crippen LogP contribution in [0.1, 0.15) is 5.56 Å². The fourth-order valence-electron chi connectivity index (χ4n) is 1.22. The molecule has 64 valence electrons. The Labute approximate surface area is 75.6 Å². The first-order valence-electron chi connectivity index (χ1n) is 3.92. The highest BCUT2D eigenvalue weighted by atomic mass is 16.1. The van der Waals surface area contributed by atoms with Gasteiger partial charge in [-0.15, -0.1) is 0 Å². The summed E-state index contributed by atoms with van der Waals surface area (Å²) in [6, 6.07) is 9.58. The number of nitrogens with two attached hydrogens (primary N) is 1. The fourth-order valence-corrected chi connectivity index (χ4v) is 1.22. The zero-order valence-corrected chi connectivity index (χ0v) is 6.90. The molecule has 1 heterocycles. The molecule has 0 saturated heterocycles. The van der Waals surface area contributed by atoms with Crippen molar-refractivity contribution in [3.8, 4) is 0 Å². The van der Waals surface area contributed by atoms with E-state index in [1.165, 1.54) is 0 Å². The Hall–Kier alpha value is -1.90. The van der Waals surface area contributed by atoms with E-state index in [1.807, 2.05) is 30.3 Å². The molecule has 1 aliphatic heterocycles. The number of nitrogens with zero attached hydrogens (tertiary/aromatic N) is 1. The molecule has 1 aliphatic rings. The van der Waals surface area contributed by atoms with Crippen LogP contribution in [0.25, 0.3) is 5.57 Å². The molecular weight excluding hydrogens is 164 g/mol. The van der Waals surface area contributed by atoms with Gasteiger partial charge in [-0.3, -0.25) is 4.79 Å². The molecule has 0 saturated carbocycles. The van der Waals surface area contributed by atoms with Gasteiger partial charge in [-0.2, -0.15) is 0 Å². The van der Waals surface area contributed by atoms with Crippen molar-refractivity contribution in [1.29, 1.82) is 0 Å². The molecule has 3 heteroatoms. The molecule has 0 radical (unpaired) electrons. The van der Waals surface area contributed by atoms with Gasteiger partial charge in [0, 0.05) is 11.8 Å². The van der Waals surface area contributed by atoms with Crippen molar-refractivity contribution in [2.24, 2.45) is 10.7 Å². The average Bonchev–Trinajstić information content (AvgIpc) is 2.02. The van der Waals surface area contributed by atoms with E-state index in [4.69, 9.17) is 5.73 Å². The third-order valence-electron chi connectivity index (χ3n) is 1.90. The maximum atomic E-state index is 10.8. The van der Waals surface area contributed by atoms with Gasteiger partial charge in [0.1, 0.15) is 5.70 Å². The second-order valence-corrected chi connectivity index (χ2v) is 2.75. The van der Waals surface area contributed by atoms with E-state index in [1.54, 1.807) is 6.21 Å². The van der Waals surface area contributed by atoms with Crippen LogP contribution in [-0.4, -0.2) is 12.1 Å². The molecule has 2 rings (SSSR count). The van der Waals surface area contributed by atoms with Gasteiger partial charge in [0.25, 0.3) is 5.91 Å². The van der Waals surface area contributed by atoms with Crippen LogP contribution in [0, 0.1) is 0 Å². The highest BCUT2D eigenvalue weighted by Gasteiger charge is 2.17. The molecule has 0 unspecified atom stereocenters. The average molecular weight is 172 g/mol. The van der Waals surface area contributed by atoms with Crippen molar-refractivity contribution < 1.29 is 4.79 Å². The molecule has 0 spiro atoms. The molecule has 0 aromatic heterocycles. The lowest BCUT2D eigenvalue weighted by atomic mass is 10.0. The number of rotatable bonds is 2. The Bertz CT molecular complexity index is 404. The van der Waals surface area contributed by atoms with Gasteiger partial charge in [-0.25, -0.2) is 4.99 Å². The minimum atomic E-state index is -0.471. The summed E-state index contributed by atoms with van der Waals surface area (Å²) in [5, 5.41) is 0. The zero-order valence-electron chi connectivity index (χ0n) is 6.90. The van der Waals surface area contributed by atoms with Gasteiger partial charge in [0.05, 0.1) is 0 Å². The molecule has 1 aromatic rings. The lowest BCUT2D eigenvalue weighted by Gasteiger charge is -2.12. The maximum absolute atomic E-state index is 10.8. The van der Waals surface area contributed by atoms with Gasteiger partial charge in [-0.1, -0.05) is 30.3 Å². The number of carbonyl (C=O) groups is 1. The summed E-state index contributed by atoms with van der Waals surface area (Å²) >= 11 is 0. The maximum Gasteiger partial charge on any atom is 0.268 e. The van der Waals surface area contributed by atoms with Crippen molar-refractivity contribution in [3.63, 3.8) is 0 Å². The molecule has 0 fully saturated rings. The van der Waals surface area contributed by atoms with Crippen molar-refractivity contribution in [3.05, 3.63) is 41.6 Å². The summed E-state index contributed by atoms with van der Waals surface area (Å²) in [5.74, 6) is -0.471. The molecule has 0 atom stereocenters. The topological polar surface area (TPSA) is 55.5 Å². The summed E-state index contributed by atoms with van der Waals surface area (Å²) in [6.07, 6.45) is 1.65. The van der Waals surface area contributed by atoms with Crippen LogP contribution in [-0.2, 0) is 4.79 Å². The van der Waals surface area contributed by atoms with E-state index in [9.17, 15) is 4.79 Å². The van der Waals surface area contributed by atoms with Crippen molar-refractivity contribution in [2.75, 3.05) is 0 Å². The number of hydrogen-bond acceptors (Lipinski definition) is 2. The van der Waals surface area contributed by atoms with Gasteiger partial charge in [0.2, 0.25) is 0 Å². The smallest absolute Gasteiger partial charge is 0.268 e. The molecule has 1 amide bonds. The molecule has 0 aliphatic carbocycles. The minimum Gasteiger partial charge on any atom is -0.364 e. The number of benzene rings is 1. The first kappa shape index (κ1) is 7.73. The summed E-state index contributed by atoms with van der Waals surface area (Å²) in [5.41, 5.74) is 7.29. The van der Waals surface area contributed by atoms with E-state index in [2.05, 4.69) is 4.99 Å². The number of hydrogen-bond donors (Lipinski definition) is 1. The number of allylic oxidation sites excluding steroid dienone is 1. The van der Waals surface area contributed by atoms with E-state index < -0.39 is 5.91 Å². The van der Waals surface area contributed by atoms with Crippen LogP contribution in [0.2, 0.25) is 0 Å². The molecule has 13 heavy (non-hydrogen) atoms. The van der Waals surface area contributed by atoms with E-state index in [0.29, 0.717) is 5.70 Å². The van der Waals surface area contributed by atoms with Crippen LogP contribution in [0.5, 0.6) is 0 Å². The van der Waals surface area contributed by atoms with Crippen LogP contribution < -0.4 is 5.73 Å². The normalized spacial score (nSPS) is 14.2. The first-order valence-corrected chi connectivity index (χ1v) is 3.92. The molecule has 0 bridgehead atoms. The van der Waals surface area contributed by atoms with E-state index >= 15 is 0 Å². The second kappa shape index (κ2) is 2.86. The van der Waals surface area contributed by atoms with Crippen LogP contribution in [0.15, 0.2) is 41.0 Å². The second-order valence-electron chi connectivity index (χ2n) is 2.75. The summed E-state index contributed by atoms with van der Waals surface area (Å²) < 4.78 is 0. The highest BCUT2D eigenvalue weighted by molar-refractivity contribution is 6.24. The largest absolute Gasteiger partial charge is 0.364 e. The van der Waals surface area contributed by atoms with Crippen LogP contribution in [0.4, 0.5) is 0 Å². The van der Waals surface area contributed by atoms with Gasteiger partial charge in [-0.05, 0) is 5.56 Å². The molecular formula is C10H8N2O. The number of aliphatic imine (C=N–C) groups is 1. The SMILES string of the molecule is NC(=O)C1=C(c2ccccc2)C=N1. The Balaban J connectivity index is 2.39. The lowest BCUT2D eigenvalue weighted by molar-refractivity contribution is -0.114. The Morgan fingerprint density at radius 2 is 1.92 bits per heavy atom. The van der Waals surface area contributed by atoms with Crippen LogP contribution >= 0.6 is 0 Å². The first-order chi connectivity index (χ1) is 6.29. The zero-order chi connectivity index (χ0) is 9.26. The Kier molecular flexibility index (Phi) is 1.70. The standard InChI is InChI=1S/C10H8N2O/c11-10(13)9-8(6-12-9)7-4-2-1-3-5-7/h1-6H,(H2,11,13). The monoisotopic (exact) mass is 172 g/mol. The van der Waals surface area contributed by atoms with Crippen molar-refractivity contribution in [1.82, 2.24) is 0 Å². The Morgan fingerprint density at radius 3 is 2.38 bits per heavy atom. The van der Waals surface area contributed by atoms with E-state index in [0.717, 1.165) is 11.1 Å². The molecule has 2 N–H and O–H groups in total. The van der Waals surface area contributed by atoms with Gasteiger partial charge >= 0.3 is 0 Å².